The van der Waals surface area contributed by atoms with Crippen LogP contribution in [0.15, 0.2) is 0 Å². The van der Waals surface area contributed by atoms with E-state index >= 15 is 4.39 Å². The molecule has 39 heavy (non-hydrogen) atoms. The van der Waals surface area contributed by atoms with Gasteiger partial charge in [0.05, 0.1) is 10.8 Å². The highest BCUT2D eigenvalue weighted by Crippen LogP contribution is 2.66. The molecule has 0 aliphatic heterocycles. The van der Waals surface area contributed by atoms with Crippen LogP contribution in [0.5, 0.6) is 0 Å². The van der Waals surface area contributed by atoms with Gasteiger partial charge >= 0.3 is 0 Å². The van der Waals surface area contributed by atoms with Gasteiger partial charge in [0, 0.05) is 0 Å². The number of Topliss-reactive ketones (excluding diaryl/α,β-unsaturated/α-hetero) is 1. The van der Waals surface area contributed by atoms with Gasteiger partial charge in [-0.1, -0.05) is 97.3 Å². The van der Waals surface area contributed by atoms with Gasteiger partial charge in [0.15, 0.2) is 5.78 Å². The molecule has 1 nitrogen and oxygen atoms in total. The fourth-order valence-corrected chi connectivity index (χ4v) is 10.9. The number of rotatable bonds is 11. The lowest BCUT2D eigenvalue weighted by Gasteiger charge is -2.62. The lowest BCUT2D eigenvalue weighted by Crippen LogP contribution is -2.69. The zero-order valence-electron chi connectivity index (χ0n) is 26.0. The van der Waals surface area contributed by atoms with E-state index in [1.807, 2.05) is 0 Å². The van der Waals surface area contributed by atoms with Crippen LogP contribution in [0.1, 0.15) is 174 Å². The number of hydrogen-bond acceptors (Lipinski definition) is 1. The fraction of sp³-hybridized carbons (Fsp3) is 0.973. The first kappa shape index (κ1) is 30.1. The maximum atomic E-state index is 16.2. The lowest BCUT2D eigenvalue weighted by atomic mass is 9.41. The Balaban J connectivity index is 1.02. The van der Waals surface area contributed by atoms with Crippen LogP contribution in [0.25, 0.3) is 0 Å². The van der Waals surface area contributed by atoms with Crippen molar-refractivity contribution in [2.75, 3.05) is 0 Å². The molecule has 0 amide bonds. The molecule has 0 unspecified atom stereocenters. The van der Waals surface area contributed by atoms with Crippen molar-refractivity contribution < 1.29 is 9.18 Å². The zero-order chi connectivity index (χ0) is 27.3. The molecule has 5 aliphatic carbocycles. The van der Waals surface area contributed by atoms with Crippen molar-refractivity contribution in [1.29, 1.82) is 0 Å². The second kappa shape index (κ2) is 13.7. The Morgan fingerprint density at radius 2 is 0.949 bits per heavy atom. The monoisotopic (exact) mass is 542 g/mol. The second-order valence-corrected chi connectivity index (χ2v) is 15.6. The SMILES string of the molecule is CCCCCCCCC1CCC(C2CC[C@]3(CC2)C(=O)[C@@]2(CCC(C4CCC(CCC)CC4)CC2)[C@H]3F)CC1. The summed E-state index contributed by atoms with van der Waals surface area (Å²) in [6, 6.07) is 0. The zero-order valence-corrected chi connectivity index (χ0v) is 26.0. The summed E-state index contributed by atoms with van der Waals surface area (Å²) in [6.07, 6.45) is 31.0. The summed E-state index contributed by atoms with van der Waals surface area (Å²) in [5.74, 6) is 5.55. The van der Waals surface area contributed by atoms with E-state index < -0.39 is 17.0 Å². The Morgan fingerprint density at radius 3 is 1.38 bits per heavy atom. The molecular formula is C37H63FO. The van der Waals surface area contributed by atoms with Crippen molar-refractivity contribution >= 4 is 5.78 Å². The lowest BCUT2D eigenvalue weighted by molar-refractivity contribution is -0.194. The molecule has 5 saturated carbocycles. The average Bonchev–Trinajstić information content (AvgIpc) is 2.99. The third-order valence-electron chi connectivity index (χ3n) is 13.5. The van der Waals surface area contributed by atoms with Crippen LogP contribution >= 0.6 is 0 Å². The highest BCUT2D eigenvalue weighted by atomic mass is 19.1. The van der Waals surface area contributed by atoms with E-state index in [0.717, 1.165) is 86.9 Å². The Bertz CT molecular complexity index is 741. The predicted octanol–water partition coefficient (Wildman–Crippen LogP) is 11.4. The topological polar surface area (TPSA) is 17.1 Å². The van der Waals surface area contributed by atoms with Crippen LogP contribution in [0.3, 0.4) is 0 Å². The predicted molar refractivity (Wildman–Crippen MR) is 162 cm³/mol. The van der Waals surface area contributed by atoms with Gasteiger partial charge < -0.3 is 0 Å². The van der Waals surface area contributed by atoms with Crippen molar-refractivity contribution in [2.45, 2.75) is 181 Å². The van der Waals surface area contributed by atoms with E-state index in [9.17, 15) is 4.79 Å². The van der Waals surface area contributed by atoms with Crippen molar-refractivity contribution in [2.24, 2.45) is 46.3 Å². The number of hydrogen-bond donors (Lipinski definition) is 0. The molecule has 0 heterocycles. The van der Waals surface area contributed by atoms with Crippen LogP contribution in [-0.4, -0.2) is 12.0 Å². The Morgan fingerprint density at radius 1 is 0.538 bits per heavy atom. The summed E-state index contributed by atoms with van der Waals surface area (Å²) < 4.78 is 16.2. The van der Waals surface area contributed by atoms with Crippen LogP contribution in [0.4, 0.5) is 4.39 Å². The number of ketones is 1. The van der Waals surface area contributed by atoms with Crippen LogP contribution in [-0.2, 0) is 4.79 Å². The van der Waals surface area contributed by atoms with Gasteiger partial charge in [-0.3, -0.25) is 4.79 Å². The van der Waals surface area contributed by atoms with Gasteiger partial charge in [-0.25, -0.2) is 4.39 Å². The molecule has 5 fully saturated rings. The molecule has 0 N–H and O–H groups in total. The standard InChI is InChI=1S/C37H63FO/c1-3-5-6-7-8-9-11-29-14-18-31(19-15-29)33-22-26-37(27-23-33)34(38)36(35(37)39)24-20-32(21-25-36)30-16-12-28(10-4-2)13-17-30/h28-34H,3-27H2,1-2H3/t28?,29?,30?,31?,32?,33?,34-,36-,37-/m1/s1. The normalized spacial score (nSPS) is 43.1. The maximum absolute atomic E-state index is 16.2. The van der Waals surface area contributed by atoms with Gasteiger partial charge in [0.2, 0.25) is 0 Å². The van der Waals surface area contributed by atoms with Crippen LogP contribution in [0.2, 0.25) is 0 Å². The summed E-state index contributed by atoms with van der Waals surface area (Å²) in [7, 11) is 0. The van der Waals surface area contributed by atoms with E-state index in [4.69, 9.17) is 0 Å². The minimum atomic E-state index is -0.840. The summed E-state index contributed by atoms with van der Waals surface area (Å²) in [6.45, 7) is 4.61. The van der Waals surface area contributed by atoms with Crippen molar-refractivity contribution in [1.82, 2.24) is 0 Å². The number of unbranched alkanes of at least 4 members (excludes halogenated alkanes) is 5. The fourth-order valence-electron chi connectivity index (χ4n) is 10.9. The Kier molecular flexibility index (Phi) is 10.6. The summed E-state index contributed by atoms with van der Waals surface area (Å²) in [4.78, 5) is 13.8. The molecule has 5 aliphatic rings. The Hall–Kier alpha value is -0.400. The van der Waals surface area contributed by atoms with E-state index in [0.29, 0.717) is 5.78 Å². The quantitative estimate of drug-likeness (QED) is 0.237. The van der Waals surface area contributed by atoms with Gasteiger partial charge in [-0.2, -0.15) is 0 Å². The van der Waals surface area contributed by atoms with Gasteiger partial charge in [-0.15, -0.1) is 0 Å². The van der Waals surface area contributed by atoms with Crippen LogP contribution < -0.4 is 0 Å². The molecule has 0 bridgehead atoms. The Labute approximate surface area is 241 Å². The van der Waals surface area contributed by atoms with Crippen molar-refractivity contribution in [3.05, 3.63) is 0 Å². The molecule has 0 aromatic carbocycles. The van der Waals surface area contributed by atoms with Crippen LogP contribution in [0, 0.1) is 46.3 Å². The highest BCUT2D eigenvalue weighted by Gasteiger charge is 2.71. The number of halogens is 1. The highest BCUT2D eigenvalue weighted by molar-refractivity contribution is 5.98. The molecule has 0 radical (unpaired) electrons. The molecule has 2 heteroatoms. The minimum Gasteiger partial charge on any atom is -0.298 e. The smallest absolute Gasteiger partial charge is 0.151 e. The molecular weight excluding hydrogens is 479 g/mol. The number of alkyl halides is 1. The van der Waals surface area contributed by atoms with E-state index in [1.165, 1.54) is 109 Å². The van der Waals surface area contributed by atoms with Gasteiger partial charge in [0.1, 0.15) is 6.17 Å². The molecule has 2 spiro atoms. The molecule has 0 aromatic rings. The largest absolute Gasteiger partial charge is 0.298 e. The van der Waals surface area contributed by atoms with E-state index in [2.05, 4.69) is 13.8 Å². The molecule has 0 saturated heterocycles. The molecule has 5 rings (SSSR count). The first-order chi connectivity index (χ1) is 19.0. The summed E-state index contributed by atoms with van der Waals surface area (Å²) in [5, 5.41) is 0. The van der Waals surface area contributed by atoms with E-state index in [1.54, 1.807) is 0 Å². The number of carbonyl (C=O) groups excluding carboxylic acids is 1. The first-order valence-corrected chi connectivity index (χ1v) is 18.2. The molecule has 1 atom stereocenters. The van der Waals surface area contributed by atoms with Gasteiger partial charge in [-0.05, 0) is 113 Å². The van der Waals surface area contributed by atoms with E-state index in [-0.39, 0.29) is 0 Å². The first-order valence-electron chi connectivity index (χ1n) is 18.2. The third-order valence-corrected chi connectivity index (χ3v) is 13.5. The second-order valence-electron chi connectivity index (χ2n) is 15.6. The average molecular weight is 543 g/mol. The summed E-state index contributed by atoms with van der Waals surface area (Å²) >= 11 is 0. The maximum Gasteiger partial charge on any atom is 0.151 e. The molecule has 0 aromatic heterocycles. The third kappa shape index (κ3) is 6.35. The summed E-state index contributed by atoms with van der Waals surface area (Å²) in [5.41, 5.74) is -1.14. The van der Waals surface area contributed by atoms with Crippen molar-refractivity contribution in [3.63, 3.8) is 0 Å². The minimum absolute atomic E-state index is 0.383. The molecule has 224 valence electrons. The number of carbonyl (C=O) groups is 1. The van der Waals surface area contributed by atoms with Gasteiger partial charge in [0.25, 0.3) is 0 Å². The van der Waals surface area contributed by atoms with Crippen molar-refractivity contribution in [3.8, 4) is 0 Å².